The third-order valence-corrected chi connectivity index (χ3v) is 7.91. The van der Waals surface area contributed by atoms with Crippen LogP contribution in [0.2, 0.25) is 0 Å². The molecule has 2 unspecified atom stereocenters. The highest BCUT2D eigenvalue weighted by molar-refractivity contribution is 5.79. The van der Waals surface area contributed by atoms with E-state index < -0.39 is 6.09 Å². The zero-order valence-electron chi connectivity index (χ0n) is 21.1. The number of hydrogen-bond donors (Lipinski definition) is 1. The van der Waals surface area contributed by atoms with Crippen molar-refractivity contribution < 1.29 is 9.53 Å². The molecule has 6 heteroatoms. The molecule has 0 saturated heterocycles. The number of carbonyl (C=O) groups is 1. The van der Waals surface area contributed by atoms with Crippen LogP contribution in [0.1, 0.15) is 64.3 Å². The molecule has 0 spiro atoms. The lowest BCUT2D eigenvalue weighted by Crippen LogP contribution is -2.33. The van der Waals surface area contributed by atoms with Gasteiger partial charge in [-0.25, -0.2) is 9.48 Å². The molecular weight excluding hydrogens is 424 g/mol. The third kappa shape index (κ3) is 4.59. The van der Waals surface area contributed by atoms with Crippen LogP contribution in [-0.4, -0.2) is 27.7 Å². The van der Waals surface area contributed by atoms with Crippen molar-refractivity contribution in [3.63, 3.8) is 0 Å². The summed E-state index contributed by atoms with van der Waals surface area (Å²) in [7, 11) is 0. The zero-order valence-corrected chi connectivity index (χ0v) is 21.1. The van der Waals surface area contributed by atoms with E-state index in [1.54, 1.807) is 4.68 Å². The molecule has 2 aromatic carbocycles. The predicted octanol–water partition coefficient (Wildman–Crippen LogP) is 5.98. The summed E-state index contributed by atoms with van der Waals surface area (Å²) < 4.78 is 7.28. The summed E-state index contributed by atoms with van der Waals surface area (Å²) >= 11 is 0. The highest BCUT2D eigenvalue weighted by Gasteiger charge is 2.35. The van der Waals surface area contributed by atoms with Crippen molar-refractivity contribution in [2.24, 2.45) is 17.8 Å². The first-order chi connectivity index (χ1) is 16.2. The summed E-state index contributed by atoms with van der Waals surface area (Å²) in [5, 5.41) is 11.4. The maximum atomic E-state index is 12.5. The minimum absolute atomic E-state index is 0.0429. The van der Waals surface area contributed by atoms with E-state index in [1.807, 2.05) is 30.5 Å². The molecule has 34 heavy (non-hydrogen) atoms. The summed E-state index contributed by atoms with van der Waals surface area (Å²) in [6, 6.07) is 16.6. The van der Waals surface area contributed by atoms with Gasteiger partial charge in [0.15, 0.2) is 0 Å². The fraction of sp³-hybridized carbons (Fsp3) is 0.464. The van der Waals surface area contributed by atoms with Crippen LogP contribution in [0.15, 0.2) is 54.7 Å². The Labute approximate surface area is 202 Å². The number of alkyl carbamates (subject to hydrolysis) is 1. The van der Waals surface area contributed by atoms with Crippen LogP contribution >= 0.6 is 0 Å². The van der Waals surface area contributed by atoms with Crippen molar-refractivity contribution in [1.29, 1.82) is 0 Å². The van der Waals surface area contributed by atoms with Gasteiger partial charge < -0.3 is 10.1 Å². The Hall–Kier alpha value is -3.15. The Bertz CT molecular complexity index is 1110. The molecule has 0 saturated carbocycles. The fourth-order valence-electron chi connectivity index (χ4n) is 4.93. The first kappa shape index (κ1) is 24.0. The molecular formula is C28H36N4O2. The van der Waals surface area contributed by atoms with Crippen LogP contribution in [-0.2, 0) is 16.8 Å². The number of carbonyl (C=O) groups excluding carboxylic acids is 1. The molecule has 3 aromatic rings. The number of amides is 1. The first-order valence-corrected chi connectivity index (χ1v) is 12.2. The Morgan fingerprint density at radius 1 is 1.03 bits per heavy atom. The predicted molar refractivity (Wildman–Crippen MR) is 134 cm³/mol. The van der Waals surface area contributed by atoms with Gasteiger partial charge >= 0.3 is 6.09 Å². The van der Waals surface area contributed by atoms with Gasteiger partial charge in [-0.1, -0.05) is 95.3 Å². The average molecular weight is 461 g/mol. The number of fused-ring (bicyclic) bond motifs is 3. The zero-order chi connectivity index (χ0) is 24.5. The molecule has 1 amide bonds. The molecule has 1 aliphatic carbocycles. The van der Waals surface area contributed by atoms with E-state index in [4.69, 9.17) is 4.74 Å². The number of aromatic nitrogens is 3. The van der Waals surface area contributed by atoms with Crippen LogP contribution < -0.4 is 5.32 Å². The minimum Gasteiger partial charge on any atom is -0.449 e. The second-order valence-corrected chi connectivity index (χ2v) is 10.4. The smallest absolute Gasteiger partial charge is 0.408 e. The number of ether oxygens (including phenoxy) is 1. The van der Waals surface area contributed by atoms with Crippen molar-refractivity contribution in [2.45, 2.75) is 59.5 Å². The van der Waals surface area contributed by atoms with Gasteiger partial charge in [-0.05, 0) is 40.0 Å². The molecule has 1 aromatic heterocycles. The maximum absolute atomic E-state index is 12.5. The fourth-order valence-corrected chi connectivity index (χ4v) is 4.93. The Kier molecular flexibility index (Phi) is 6.78. The second-order valence-electron chi connectivity index (χ2n) is 10.4. The number of nitrogens with zero attached hydrogens (tertiary/aromatic N) is 3. The van der Waals surface area contributed by atoms with E-state index >= 15 is 0 Å². The SMILES string of the molecule is CC(C)C(C)C(C)C(C)(C)c1cn(CNC(=O)OCC2c3ccccc3-c3ccccc32)nn1. The highest BCUT2D eigenvalue weighted by Crippen LogP contribution is 2.44. The summed E-state index contributed by atoms with van der Waals surface area (Å²) in [6.45, 7) is 14.0. The van der Waals surface area contributed by atoms with Gasteiger partial charge in [-0.15, -0.1) is 5.10 Å². The van der Waals surface area contributed by atoms with Crippen molar-refractivity contribution in [3.05, 3.63) is 71.5 Å². The molecule has 1 aliphatic rings. The van der Waals surface area contributed by atoms with Gasteiger partial charge in [0.2, 0.25) is 0 Å². The van der Waals surface area contributed by atoms with Gasteiger partial charge in [-0.3, -0.25) is 0 Å². The number of benzene rings is 2. The second kappa shape index (κ2) is 9.61. The Balaban J connectivity index is 1.35. The number of hydrogen-bond acceptors (Lipinski definition) is 4. The lowest BCUT2D eigenvalue weighted by Gasteiger charge is -2.36. The molecule has 0 aliphatic heterocycles. The van der Waals surface area contributed by atoms with Crippen molar-refractivity contribution >= 4 is 6.09 Å². The number of nitrogens with one attached hydrogen (secondary N) is 1. The number of rotatable bonds is 8. The normalized spacial score (nSPS) is 15.0. The van der Waals surface area contributed by atoms with E-state index in [0.29, 0.717) is 24.4 Å². The Morgan fingerprint density at radius 2 is 1.62 bits per heavy atom. The Morgan fingerprint density at radius 3 is 2.21 bits per heavy atom. The van der Waals surface area contributed by atoms with Gasteiger partial charge in [0.1, 0.15) is 13.3 Å². The van der Waals surface area contributed by atoms with E-state index in [1.165, 1.54) is 22.3 Å². The topological polar surface area (TPSA) is 69.0 Å². The third-order valence-electron chi connectivity index (χ3n) is 7.91. The molecule has 4 rings (SSSR count). The van der Waals surface area contributed by atoms with Gasteiger partial charge in [0.05, 0.1) is 11.9 Å². The average Bonchev–Trinajstić information content (AvgIpc) is 3.44. The van der Waals surface area contributed by atoms with Gasteiger partial charge in [0, 0.05) is 11.3 Å². The molecule has 1 heterocycles. The first-order valence-electron chi connectivity index (χ1n) is 12.2. The monoisotopic (exact) mass is 460 g/mol. The van der Waals surface area contributed by atoms with Crippen molar-refractivity contribution in [3.8, 4) is 11.1 Å². The van der Waals surface area contributed by atoms with Crippen molar-refractivity contribution in [1.82, 2.24) is 20.3 Å². The minimum atomic E-state index is -0.458. The van der Waals surface area contributed by atoms with Crippen LogP contribution in [0, 0.1) is 17.8 Å². The standard InChI is InChI=1S/C28H36N4O2/c1-18(2)19(3)20(4)28(5,6)26-15-32(31-30-26)17-29-27(33)34-16-25-23-13-9-7-11-21(23)22-12-8-10-14-24(22)25/h7-15,18-20,25H,16-17H2,1-6H3,(H,29,33). The molecule has 0 bridgehead atoms. The van der Waals surface area contributed by atoms with Crippen LogP contribution in [0.5, 0.6) is 0 Å². The van der Waals surface area contributed by atoms with Crippen LogP contribution in [0.3, 0.4) is 0 Å². The van der Waals surface area contributed by atoms with E-state index in [2.05, 4.69) is 81.4 Å². The highest BCUT2D eigenvalue weighted by atomic mass is 16.5. The lowest BCUT2D eigenvalue weighted by atomic mass is 9.69. The molecule has 180 valence electrons. The maximum Gasteiger partial charge on any atom is 0.408 e. The van der Waals surface area contributed by atoms with Crippen molar-refractivity contribution in [2.75, 3.05) is 6.61 Å². The molecule has 1 N–H and O–H groups in total. The largest absolute Gasteiger partial charge is 0.449 e. The van der Waals surface area contributed by atoms with Crippen LogP contribution in [0.4, 0.5) is 4.79 Å². The van der Waals surface area contributed by atoms with Gasteiger partial charge in [-0.2, -0.15) is 0 Å². The van der Waals surface area contributed by atoms with Crippen LogP contribution in [0.25, 0.3) is 11.1 Å². The lowest BCUT2D eigenvalue weighted by molar-refractivity contribution is 0.139. The molecule has 0 radical (unpaired) electrons. The summed E-state index contributed by atoms with van der Waals surface area (Å²) in [5.41, 5.74) is 5.64. The van der Waals surface area contributed by atoms with E-state index in [-0.39, 0.29) is 18.0 Å². The quantitative estimate of drug-likeness (QED) is 0.449. The van der Waals surface area contributed by atoms with E-state index in [9.17, 15) is 4.79 Å². The summed E-state index contributed by atoms with van der Waals surface area (Å²) in [6.07, 6.45) is 1.47. The molecule has 6 nitrogen and oxygen atoms in total. The van der Waals surface area contributed by atoms with E-state index in [0.717, 1.165) is 5.69 Å². The molecule has 0 fully saturated rings. The summed E-state index contributed by atoms with van der Waals surface area (Å²) in [5.74, 6) is 1.63. The summed E-state index contributed by atoms with van der Waals surface area (Å²) in [4.78, 5) is 12.5. The molecule has 2 atom stereocenters. The van der Waals surface area contributed by atoms with Gasteiger partial charge in [0.25, 0.3) is 0 Å².